The molecule has 0 spiro atoms. The van der Waals surface area contributed by atoms with E-state index in [1.165, 1.54) is 5.56 Å². The molecule has 0 fully saturated rings. The monoisotopic (exact) mass is 242 g/mol. The van der Waals surface area contributed by atoms with Crippen molar-refractivity contribution in [2.24, 2.45) is 0 Å². The van der Waals surface area contributed by atoms with Gasteiger partial charge >= 0.3 is 0 Å². The van der Waals surface area contributed by atoms with Crippen LogP contribution in [0.3, 0.4) is 0 Å². The van der Waals surface area contributed by atoms with Gasteiger partial charge in [-0.1, -0.05) is 0 Å². The molecule has 2 rings (SSSR count). The first-order chi connectivity index (χ1) is 6.33. The van der Waals surface area contributed by atoms with Crippen molar-refractivity contribution >= 4 is 15.9 Å². The van der Waals surface area contributed by atoms with Gasteiger partial charge in [-0.25, -0.2) is 0 Å². The van der Waals surface area contributed by atoms with Crippen LogP contribution in [-0.4, -0.2) is 13.7 Å². The first kappa shape index (κ1) is 8.88. The zero-order valence-corrected chi connectivity index (χ0v) is 9.06. The second kappa shape index (κ2) is 3.58. The molecule has 0 saturated carbocycles. The standard InChI is InChI=1S/C10H11BrO2/c1-12-10-7-3-2-6-13-9(7)5-4-8(10)11/h4-5H,2-3,6H2,1H3. The zero-order chi connectivity index (χ0) is 9.26. The van der Waals surface area contributed by atoms with Crippen molar-refractivity contribution in [1.29, 1.82) is 0 Å². The highest BCUT2D eigenvalue weighted by Gasteiger charge is 2.16. The summed E-state index contributed by atoms with van der Waals surface area (Å²) >= 11 is 3.45. The molecule has 0 bridgehead atoms. The zero-order valence-electron chi connectivity index (χ0n) is 7.47. The Balaban J connectivity index is 2.52. The topological polar surface area (TPSA) is 18.5 Å². The summed E-state index contributed by atoms with van der Waals surface area (Å²) in [5.74, 6) is 1.88. The Hall–Kier alpha value is -0.700. The van der Waals surface area contributed by atoms with Crippen molar-refractivity contribution in [1.82, 2.24) is 0 Å². The molecular weight excluding hydrogens is 232 g/mol. The second-order valence-corrected chi connectivity index (χ2v) is 3.86. The van der Waals surface area contributed by atoms with Gasteiger partial charge in [-0.2, -0.15) is 0 Å². The van der Waals surface area contributed by atoms with Crippen LogP contribution in [0.5, 0.6) is 11.5 Å². The van der Waals surface area contributed by atoms with Crippen LogP contribution < -0.4 is 9.47 Å². The SMILES string of the molecule is COc1c(Br)ccc2c1CCCO2. The van der Waals surface area contributed by atoms with Gasteiger partial charge in [-0.3, -0.25) is 0 Å². The molecule has 0 unspecified atom stereocenters. The van der Waals surface area contributed by atoms with E-state index in [1.807, 2.05) is 12.1 Å². The Morgan fingerprint density at radius 1 is 1.46 bits per heavy atom. The van der Waals surface area contributed by atoms with Crippen molar-refractivity contribution in [3.63, 3.8) is 0 Å². The van der Waals surface area contributed by atoms with Crippen LogP contribution in [0.1, 0.15) is 12.0 Å². The Kier molecular flexibility index (Phi) is 2.44. The summed E-state index contributed by atoms with van der Waals surface area (Å²) in [6.45, 7) is 0.817. The fourth-order valence-corrected chi connectivity index (χ4v) is 2.14. The highest BCUT2D eigenvalue weighted by molar-refractivity contribution is 9.10. The van der Waals surface area contributed by atoms with Gasteiger partial charge in [0, 0.05) is 5.56 Å². The summed E-state index contributed by atoms with van der Waals surface area (Å²) in [7, 11) is 1.69. The highest BCUT2D eigenvalue weighted by atomic mass is 79.9. The molecule has 13 heavy (non-hydrogen) atoms. The van der Waals surface area contributed by atoms with Crippen LogP contribution in [0.15, 0.2) is 16.6 Å². The van der Waals surface area contributed by atoms with E-state index in [-0.39, 0.29) is 0 Å². The third kappa shape index (κ3) is 1.53. The van der Waals surface area contributed by atoms with E-state index in [4.69, 9.17) is 9.47 Å². The summed E-state index contributed by atoms with van der Waals surface area (Å²) in [6, 6.07) is 3.95. The highest BCUT2D eigenvalue weighted by Crippen LogP contribution is 2.38. The third-order valence-electron chi connectivity index (χ3n) is 2.20. The lowest BCUT2D eigenvalue weighted by Gasteiger charge is -2.20. The van der Waals surface area contributed by atoms with Gasteiger partial charge in [0.15, 0.2) is 0 Å². The van der Waals surface area contributed by atoms with Crippen LogP contribution in [0.2, 0.25) is 0 Å². The molecule has 3 heteroatoms. The molecular formula is C10H11BrO2. The number of rotatable bonds is 1. The molecule has 0 saturated heterocycles. The molecule has 2 nitrogen and oxygen atoms in total. The molecule has 0 aliphatic carbocycles. The molecule has 0 N–H and O–H groups in total. The Labute approximate surface area is 86.0 Å². The summed E-state index contributed by atoms with van der Waals surface area (Å²) in [6.07, 6.45) is 2.11. The minimum atomic E-state index is 0.817. The van der Waals surface area contributed by atoms with Gasteiger partial charge in [0.25, 0.3) is 0 Å². The van der Waals surface area contributed by atoms with E-state index >= 15 is 0 Å². The van der Waals surface area contributed by atoms with E-state index < -0.39 is 0 Å². The van der Waals surface area contributed by atoms with Gasteiger partial charge in [0.2, 0.25) is 0 Å². The minimum absolute atomic E-state index is 0.817. The van der Waals surface area contributed by atoms with Gasteiger partial charge in [0.1, 0.15) is 11.5 Å². The van der Waals surface area contributed by atoms with Crippen molar-refractivity contribution in [2.75, 3.05) is 13.7 Å². The lowest BCUT2D eigenvalue weighted by molar-refractivity contribution is 0.282. The molecule has 0 radical (unpaired) electrons. The van der Waals surface area contributed by atoms with Gasteiger partial charge in [0.05, 0.1) is 18.2 Å². The second-order valence-electron chi connectivity index (χ2n) is 3.01. The van der Waals surface area contributed by atoms with E-state index in [2.05, 4.69) is 15.9 Å². The Bertz CT molecular complexity index is 323. The fourth-order valence-electron chi connectivity index (χ4n) is 1.60. The summed E-state index contributed by atoms with van der Waals surface area (Å²) in [5, 5.41) is 0. The van der Waals surface area contributed by atoms with E-state index in [0.29, 0.717) is 0 Å². The number of ether oxygens (including phenoxy) is 2. The van der Waals surface area contributed by atoms with Crippen molar-refractivity contribution in [2.45, 2.75) is 12.8 Å². The van der Waals surface area contributed by atoms with E-state index in [1.54, 1.807) is 7.11 Å². The molecule has 70 valence electrons. The fraction of sp³-hybridized carbons (Fsp3) is 0.400. The van der Waals surface area contributed by atoms with Crippen LogP contribution in [0.4, 0.5) is 0 Å². The quantitative estimate of drug-likeness (QED) is 0.755. The molecule has 1 aliphatic rings. The average molecular weight is 243 g/mol. The van der Waals surface area contributed by atoms with Crippen molar-refractivity contribution in [3.05, 3.63) is 22.2 Å². The molecule has 0 amide bonds. The number of benzene rings is 1. The minimum Gasteiger partial charge on any atom is -0.495 e. The molecule has 0 aromatic heterocycles. The first-order valence-electron chi connectivity index (χ1n) is 4.31. The normalized spacial score (nSPS) is 14.6. The molecule has 1 aromatic carbocycles. The number of halogens is 1. The van der Waals surface area contributed by atoms with Gasteiger partial charge in [-0.15, -0.1) is 0 Å². The van der Waals surface area contributed by atoms with Crippen LogP contribution >= 0.6 is 15.9 Å². The number of methoxy groups -OCH3 is 1. The van der Waals surface area contributed by atoms with E-state index in [0.717, 1.165) is 35.4 Å². The maximum Gasteiger partial charge on any atom is 0.139 e. The van der Waals surface area contributed by atoms with Crippen LogP contribution in [0.25, 0.3) is 0 Å². The number of hydrogen-bond donors (Lipinski definition) is 0. The predicted octanol–water partition coefficient (Wildman–Crippen LogP) is 2.78. The van der Waals surface area contributed by atoms with Crippen molar-refractivity contribution in [3.8, 4) is 11.5 Å². The molecule has 1 aliphatic heterocycles. The van der Waals surface area contributed by atoms with Crippen LogP contribution in [-0.2, 0) is 6.42 Å². The predicted molar refractivity (Wildman–Crippen MR) is 54.5 cm³/mol. The maximum absolute atomic E-state index is 5.52. The summed E-state index contributed by atoms with van der Waals surface area (Å²) < 4.78 is 11.8. The summed E-state index contributed by atoms with van der Waals surface area (Å²) in [5.41, 5.74) is 1.18. The summed E-state index contributed by atoms with van der Waals surface area (Å²) in [4.78, 5) is 0. The lowest BCUT2D eigenvalue weighted by Crippen LogP contribution is -2.09. The van der Waals surface area contributed by atoms with Gasteiger partial charge in [-0.05, 0) is 40.9 Å². The maximum atomic E-state index is 5.52. The lowest BCUT2D eigenvalue weighted by atomic mass is 10.1. The largest absolute Gasteiger partial charge is 0.495 e. The third-order valence-corrected chi connectivity index (χ3v) is 2.83. The smallest absolute Gasteiger partial charge is 0.139 e. The van der Waals surface area contributed by atoms with Gasteiger partial charge < -0.3 is 9.47 Å². The average Bonchev–Trinajstić information content (AvgIpc) is 2.18. The Morgan fingerprint density at radius 3 is 3.08 bits per heavy atom. The van der Waals surface area contributed by atoms with E-state index in [9.17, 15) is 0 Å². The van der Waals surface area contributed by atoms with Crippen LogP contribution in [0, 0.1) is 0 Å². The van der Waals surface area contributed by atoms with Crippen molar-refractivity contribution < 1.29 is 9.47 Å². The number of hydrogen-bond acceptors (Lipinski definition) is 2. The first-order valence-corrected chi connectivity index (χ1v) is 5.10. The molecule has 1 aromatic rings. The number of fused-ring (bicyclic) bond motifs is 1. The molecule has 1 heterocycles. The molecule has 0 atom stereocenters. The Morgan fingerprint density at radius 2 is 2.31 bits per heavy atom.